The van der Waals surface area contributed by atoms with Gasteiger partial charge in [0.2, 0.25) is 5.91 Å². The number of amides is 2. The highest BCUT2D eigenvalue weighted by Gasteiger charge is 2.13. The molecule has 2 aromatic heterocycles. The van der Waals surface area contributed by atoms with Crippen LogP contribution in [0.5, 0.6) is 0 Å². The van der Waals surface area contributed by atoms with E-state index in [-0.39, 0.29) is 18.2 Å². The normalized spacial score (nSPS) is 10.9. The number of nitrogens with one attached hydrogen (secondary N) is 3. The van der Waals surface area contributed by atoms with E-state index in [1.165, 1.54) is 0 Å². The van der Waals surface area contributed by atoms with Crippen LogP contribution in [0.2, 0.25) is 0 Å². The average Bonchev–Trinajstić information content (AvgIpc) is 3.28. The minimum absolute atomic E-state index is 0.252. The third-order valence-electron chi connectivity index (χ3n) is 4.05. The lowest BCUT2D eigenvalue weighted by Gasteiger charge is -2.06. The van der Waals surface area contributed by atoms with E-state index in [9.17, 15) is 9.59 Å². The van der Waals surface area contributed by atoms with Gasteiger partial charge in [0.15, 0.2) is 0 Å². The molecule has 0 fully saturated rings. The SMILES string of the molecule is O=C(CCc1nc2ccccc2s1)NNC(=O)c1c[nH]c2ccccc12. The number of aromatic nitrogens is 2. The Kier molecular flexibility index (Phi) is 4.37. The van der Waals surface area contributed by atoms with Crippen LogP contribution in [0.15, 0.2) is 54.7 Å². The van der Waals surface area contributed by atoms with Crippen molar-refractivity contribution < 1.29 is 9.59 Å². The fourth-order valence-electron chi connectivity index (χ4n) is 2.76. The van der Waals surface area contributed by atoms with Crippen LogP contribution in [0, 0.1) is 0 Å². The summed E-state index contributed by atoms with van der Waals surface area (Å²) in [7, 11) is 0. The largest absolute Gasteiger partial charge is 0.360 e. The van der Waals surface area contributed by atoms with E-state index in [4.69, 9.17) is 0 Å². The number of benzene rings is 2. The Labute approximate surface area is 153 Å². The van der Waals surface area contributed by atoms with Crippen molar-refractivity contribution in [2.45, 2.75) is 12.8 Å². The molecule has 0 unspecified atom stereocenters. The monoisotopic (exact) mass is 364 g/mol. The molecule has 4 rings (SSSR count). The topological polar surface area (TPSA) is 86.9 Å². The number of para-hydroxylation sites is 2. The highest BCUT2D eigenvalue weighted by molar-refractivity contribution is 7.18. The molecule has 130 valence electrons. The number of thiazole rings is 1. The Morgan fingerprint density at radius 3 is 2.73 bits per heavy atom. The molecule has 0 aliphatic heterocycles. The van der Waals surface area contributed by atoms with Crippen molar-refractivity contribution in [3.63, 3.8) is 0 Å². The number of hydrazine groups is 1. The van der Waals surface area contributed by atoms with Crippen LogP contribution in [0.1, 0.15) is 21.8 Å². The first kappa shape index (κ1) is 16.3. The second-order valence-corrected chi connectivity index (χ2v) is 6.94. The van der Waals surface area contributed by atoms with Crippen LogP contribution in [0.4, 0.5) is 0 Å². The Bertz CT molecular complexity index is 1070. The number of aromatic amines is 1. The van der Waals surface area contributed by atoms with Gasteiger partial charge in [0.05, 0.1) is 20.8 Å². The van der Waals surface area contributed by atoms with Gasteiger partial charge in [-0.3, -0.25) is 20.4 Å². The van der Waals surface area contributed by atoms with Crippen molar-refractivity contribution in [3.8, 4) is 0 Å². The molecule has 2 aromatic carbocycles. The quantitative estimate of drug-likeness (QED) is 0.486. The predicted octanol–water partition coefficient (Wildman–Crippen LogP) is 3.17. The van der Waals surface area contributed by atoms with Gasteiger partial charge in [-0.05, 0) is 18.2 Å². The molecule has 26 heavy (non-hydrogen) atoms. The van der Waals surface area contributed by atoms with Gasteiger partial charge in [0, 0.05) is 29.9 Å². The number of H-pyrrole nitrogens is 1. The van der Waals surface area contributed by atoms with Crippen molar-refractivity contribution in [3.05, 3.63) is 65.3 Å². The van der Waals surface area contributed by atoms with E-state index >= 15 is 0 Å². The molecular formula is C19H16N4O2S. The fraction of sp³-hybridized carbons (Fsp3) is 0.105. The summed E-state index contributed by atoms with van der Waals surface area (Å²) in [6.07, 6.45) is 2.43. The summed E-state index contributed by atoms with van der Waals surface area (Å²) in [5.41, 5.74) is 7.24. The second-order valence-electron chi connectivity index (χ2n) is 5.83. The van der Waals surface area contributed by atoms with Crippen LogP contribution in [-0.4, -0.2) is 21.8 Å². The average molecular weight is 364 g/mol. The molecule has 2 amide bonds. The van der Waals surface area contributed by atoms with Gasteiger partial charge in [-0.1, -0.05) is 30.3 Å². The van der Waals surface area contributed by atoms with Crippen molar-refractivity contribution in [2.24, 2.45) is 0 Å². The third-order valence-corrected chi connectivity index (χ3v) is 5.15. The molecule has 0 bridgehead atoms. The number of fused-ring (bicyclic) bond motifs is 2. The number of hydrogen-bond donors (Lipinski definition) is 3. The van der Waals surface area contributed by atoms with Crippen molar-refractivity contribution in [1.29, 1.82) is 0 Å². The first-order chi connectivity index (χ1) is 12.7. The minimum Gasteiger partial charge on any atom is -0.360 e. The molecule has 7 heteroatoms. The lowest BCUT2D eigenvalue weighted by Crippen LogP contribution is -2.41. The van der Waals surface area contributed by atoms with E-state index in [0.717, 1.165) is 26.1 Å². The smallest absolute Gasteiger partial charge is 0.271 e. The Hall–Kier alpha value is -3.19. The summed E-state index contributed by atoms with van der Waals surface area (Å²) in [5, 5.41) is 1.72. The van der Waals surface area contributed by atoms with Gasteiger partial charge in [-0.25, -0.2) is 4.98 Å². The number of hydrogen-bond acceptors (Lipinski definition) is 4. The summed E-state index contributed by atoms with van der Waals surface area (Å²) in [4.78, 5) is 31.8. The van der Waals surface area contributed by atoms with E-state index in [1.807, 2.05) is 48.5 Å². The van der Waals surface area contributed by atoms with E-state index in [1.54, 1.807) is 17.5 Å². The zero-order chi connectivity index (χ0) is 17.9. The summed E-state index contributed by atoms with van der Waals surface area (Å²) in [6.45, 7) is 0. The molecule has 0 saturated carbocycles. The molecule has 0 radical (unpaired) electrons. The first-order valence-electron chi connectivity index (χ1n) is 8.20. The standard InChI is InChI=1S/C19H16N4O2S/c24-17(9-10-18-21-15-7-3-4-8-16(15)26-18)22-23-19(25)13-11-20-14-6-2-1-5-12(13)14/h1-8,11,20H,9-10H2,(H,22,24)(H,23,25). The molecule has 6 nitrogen and oxygen atoms in total. The molecule has 0 saturated heterocycles. The molecule has 3 N–H and O–H groups in total. The van der Waals surface area contributed by atoms with Gasteiger partial charge in [-0.2, -0.15) is 0 Å². The third kappa shape index (κ3) is 3.29. The molecular weight excluding hydrogens is 348 g/mol. The van der Waals surface area contributed by atoms with Gasteiger partial charge < -0.3 is 4.98 Å². The van der Waals surface area contributed by atoms with Crippen molar-refractivity contribution in [1.82, 2.24) is 20.8 Å². The molecule has 4 aromatic rings. The summed E-state index contributed by atoms with van der Waals surface area (Å²) >= 11 is 1.58. The molecule has 0 atom stereocenters. The fourth-order valence-corrected chi connectivity index (χ4v) is 3.73. The maximum atomic E-state index is 12.3. The molecule has 0 aliphatic carbocycles. The highest BCUT2D eigenvalue weighted by atomic mass is 32.1. The number of nitrogens with zero attached hydrogens (tertiary/aromatic N) is 1. The summed E-state index contributed by atoms with van der Waals surface area (Å²) in [6, 6.07) is 15.4. The summed E-state index contributed by atoms with van der Waals surface area (Å²) < 4.78 is 1.11. The number of aryl methyl sites for hydroxylation is 1. The van der Waals surface area contributed by atoms with E-state index in [0.29, 0.717) is 12.0 Å². The van der Waals surface area contributed by atoms with Crippen LogP contribution < -0.4 is 10.9 Å². The van der Waals surface area contributed by atoms with Crippen molar-refractivity contribution >= 4 is 44.3 Å². The molecule has 2 heterocycles. The van der Waals surface area contributed by atoms with Crippen molar-refractivity contribution in [2.75, 3.05) is 0 Å². The van der Waals surface area contributed by atoms with Gasteiger partial charge in [0.25, 0.3) is 5.91 Å². The van der Waals surface area contributed by atoms with E-state index in [2.05, 4.69) is 20.8 Å². The molecule has 0 spiro atoms. The van der Waals surface area contributed by atoms with Gasteiger partial charge >= 0.3 is 0 Å². The van der Waals surface area contributed by atoms with Gasteiger partial charge in [0.1, 0.15) is 0 Å². The van der Waals surface area contributed by atoms with Crippen LogP contribution in [0.3, 0.4) is 0 Å². The number of carbonyl (C=O) groups excluding carboxylic acids is 2. The summed E-state index contributed by atoms with van der Waals surface area (Å²) in [5.74, 6) is -0.603. The minimum atomic E-state index is -0.351. The van der Waals surface area contributed by atoms with Crippen LogP contribution >= 0.6 is 11.3 Å². The second kappa shape index (κ2) is 6.97. The number of carbonyl (C=O) groups is 2. The maximum absolute atomic E-state index is 12.3. The molecule has 0 aliphatic rings. The van der Waals surface area contributed by atoms with Gasteiger partial charge in [-0.15, -0.1) is 11.3 Å². The lowest BCUT2D eigenvalue weighted by atomic mass is 10.2. The Morgan fingerprint density at radius 2 is 1.85 bits per heavy atom. The number of rotatable bonds is 4. The van der Waals surface area contributed by atoms with Crippen LogP contribution in [0.25, 0.3) is 21.1 Å². The maximum Gasteiger partial charge on any atom is 0.271 e. The van der Waals surface area contributed by atoms with Crippen LogP contribution in [-0.2, 0) is 11.2 Å². The Morgan fingerprint density at radius 1 is 1.04 bits per heavy atom. The lowest BCUT2D eigenvalue weighted by molar-refractivity contribution is -0.121. The zero-order valence-corrected chi connectivity index (χ0v) is 14.6. The first-order valence-corrected chi connectivity index (χ1v) is 9.02. The van der Waals surface area contributed by atoms with E-state index < -0.39 is 0 Å². The highest BCUT2D eigenvalue weighted by Crippen LogP contribution is 2.22. The zero-order valence-electron chi connectivity index (χ0n) is 13.8. The predicted molar refractivity (Wildman–Crippen MR) is 102 cm³/mol. The Balaban J connectivity index is 1.32.